The second-order valence-electron chi connectivity index (χ2n) is 6.50. The lowest BCUT2D eigenvalue weighted by molar-refractivity contribution is -0.142. The number of carbonyl (C=O) groups is 1. The number of esters is 1. The summed E-state index contributed by atoms with van der Waals surface area (Å²) in [5.41, 5.74) is 0. The largest absolute Gasteiger partial charge is 0.464 e. The summed E-state index contributed by atoms with van der Waals surface area (Å²) >= 11 is 0. The van der Waals surface area contributed by atoms with Crippen molar-refractivity contribution in [1.29, 1.82) is 0 Å². The fraction of sp³-hybridized carbons (Fsp3) is 0.688. The number of ether oxygens (including phenoxy) is 1. The van der Waals surface area contributed by atoms with Gasteiger partial charge in [0.2, 0.25) is 0 Å². The average Bonchev–Trinajstić information content (AvgIpc) is 3.31. The molecule has 2 saturated carbocycles. The van der Waals surface area contributed by atoms with E-state index >= 15 is 0 Å². The Morgan fingerprint density at radius 1 is 1.30 bits per heavy atom. The van der Waals surface area contributed by atoms with Crippen molar-refractivity contribution in [2.45, 2.75) is 57.2 Å². The van der Waals surface area contributed by atoms with Crippen LogP contribution in [0.5, 0.6) is 0 Å². The number of carbonyl (C=O) groups excluding carboxylic acids is 1. The third-order valence-electron chi connectivity index (χ3n) is 4.82. The molecule has 4 rings (SSSR count). The van der Waals surface area contributed by atoms with Gasteiger partial charge in [-0.1, -0.05) is 6.92 Å². The first-order valence-corrected chi connectivity index (χ1v) is 7.73. The van der Waals surface area contributed by atoms with Crippen LogP contribution in [-0.4, -0.2) is 29.6 Å². The van der Waals surface area contributed by atoms with Crippen LogP contribution in [0.2, 0.25) is 0 Å². The van der Waals surface area contributed by atoms with Gasteiger partial charge in [-0.05, 0) is 37.3 Å². The highest BCUT2D eigenvalue weighted by Gasteiger charge is 2.41. The first-order valence-electron chi connectivity index (χ1n) is 7.73. The van der Waals surface area contributed by atoms with E-state index in [-0.39, 0.29) is 12.0 Å². The molecule has 1 saturated heterocycles. The van der Waals surface area contributed by atoms with Crippen molar-refractivity contribution in [2.24, 2.45) is 5.92 Å². The van der Waals surface area contributed by atoms with E-state index in [1.54, 1.807) is 0 Å². The predicted octanol–water partition coefficient (Wildman–Crippen LogP) is 2.68. The first-order chi connectivity index (χ1) is 9.72. The van der Waals surface area contributed by atoms with Crippen molar-refractivity contribution in [3.63, 3.8) is 0 Å². The van der Waals surface area contributed by atoms with Crippen molar-refractivity contribution in [3.8, 4) is 0 Å². The van der Waals surface area contributed by atoms with Crippen molar-refractivity contribution >= 4 is 5.97 Å². The van der Waals surface area contributed by atoms with Gasteiger partial charge in [-0.2, -0.15) is 0 Å². The monoisotopic (exact) mass is 275 g/mol. The molecule has 0 bridgehead atoms. The normalized spacial score (nSPS) is 32.7. The molecule has 20 heavy (non-hydrogen) atoms. The number of furan rings is 1. The van der Waals surface area contributed by atoms with Crippen LogP contribution in [0.15, 0.2) is 16.5 Å². The van der Waals surface area contributed by atoms with Crippen molar-refractivity contribution < 1.29 is 13.9 Å². The molecule has 1 aromatic heterocycles. The molecule has 2 heterocycles. The van der Waals surface area contributed by atoms with Crippen LogP contribution in [0.4, 0.5) is 0 Å². The highest BCUT2D eigenvalue weighted by molar-refractivity contribution is 5.77. The minimum atomic E-state index is -0.0594. The molecule has 1 aromatic rings. The second-order valence-corrected chi connectivity index (χ2v) is 6.50. The molecule has 3 fully saturated rings. The van der Waals surface area contributed by atoms with E-state index in [1.807, 2.05) is 0 Å². The second kappa shape index (κ2) is 4.62. The smallest absolute Gasteiger partial charge is 0.323 e. The van der Waals surface area contributed by atoms with Crippen molar-refractivity contribution in [2.75, 3.05) is 6.61 Å². The summed E-state index contributed by atoms with van der Waals surface area (Å²) in [5, 5.41) is 0. The van der Waals surface area contributed by atoms with Gasteiger partial charge in [0.15, 0.2) is 0 Å². The fourth-order valence-electron chi connectivity index (χ4n) is 3.26. The molecule has 4 heteroatoms. The highest BCUT2D eigenvalue weighted by atomic mass is 16.5. The molecule has 108 valence electrons. The minimum Gasteiger partial charge on any atom is -0.464 e. The van der Waals surface area contributed by atoms with Gasteiger partial charge in [-0.15, -0.1) is 0 Å². The van der Waals surface area contributed by atoms with Gasteiger partial charge < -0.3 is 9.15 Å². The maximum atomic E-state index is 11.8. The molecule has 4 nitrogen and oxygen atoms in total. The maximum Gasteiger partial charge on any atom is 0.323 e. The number of hydrogen-bond donors (Lipinski definition) is 0. The van der Waals surface area contributed by atoms with Gasteiger partial charge in [0.05, 0.1) is 13.2 Å². The number of hydrogen-bond acceptors (Lipinski definition) is 4. The Kier molecular flexibility index (Phi) is 2.88. The van der Waals surface area contributed by atoms with Crippen LogP contribution in [0, 0.1) is 5.92 Å². The van der Waals surface area contributed by atoms with Gasteiger partial charge >= 0.3 is 5.97 Å². The van der Waals surface area contributed by atoms with E-state index in [0.717, 1.165) is 30.4 Å². The highest BCUT2D eigenvalue weighted by Crippen LogP contribution is 2.47. The standard InChI is InChI=1S/C16H21NO3/c1-10-8-13(10)15-5-4-12(20-15)9-17(11-2-3-11)14-6-7-19-16(14)18/h4-5,10-11,13-14H,2-3,6-9H2,1H3. The molecule has 3 unspecified atom stereocenters. The lowest BCUT2D eigenvalue weighted by Crippen LogP contribution is -2.39. The molecule has 0 aromatic carbocycles. The number of nitrogens with zero attached hydrogens (tertiary/aromatic N) is 1. The van der Waals surface area contributed by atoms with Gasteiger partial charge in [0.1, 0.15) is 17.6 Å². The molecule has 1 aliphatic heterocycles. The third kappa shape index (κ3) is 2.26. The summed E-state index contributed by atoms with van der Waals surface area (Å²) < 4.78 is 11.1. The van der Waals surface area contributed by atoms with E-state index in [4.69, 9.17) is 9.15 Å². The molecular formula is C16H21NO3. The Morgan fingerprint density at radius 2 is 2.10 bits per heavy atom. The van der Waals surface area contributed by atoms with E-state index in [0.29, 0.717) is 18.6 Å². The van der Waals surface area contributed by atoms with E-state index in [2.05, 4.69) is 24.0 Å². The van der Waals surface area contributed by atoms with Gasteiger partial charge in [-0.25, -0.2) is 0 Å². The summed E-state index contributed by atoms with van der Waals surface area (Å²) in [6, 6.07) is 4.67. The summed E-state index contributed by atoms with van der Waals surface area (Å²) in [7, 11) is 0. The summed E-state index contributed by atoms with van der Waals surface area (Å²) in [6.07, 6.45) is 4.45. The summed E-state index contributed by atoms with van der Waals surface area (Å²) in [4.78, 5) is 14.1. The molecule has 3 atom stereocenters. The summed E-state index contributed by atoms with van der Waals surface area (Å²) in [6.45, 7) is 3.57. The Hall–Kier alpha value is -1.29. The molecular weight excluding hydrogens is 254 g/mol. The predicted molar refractivity (Wildman–Crippen MR) is 73.2 cm³/mol. The first kappa shape index (κ1) is 12.5. The zero-order valence-corrected chi connectivity index (χ0v) is 11.9. The molecule has 3 aliphatic rings. The third-order valence-corrected chi connectivity index (χ3v) is 4.82. The topological polar surface area (TPSA) is 42.7 Å². The Labute approximate surface area is 119 Å². The maximum absolute atomic E-state index is 11.8. The zero-order chi connectivity index (χ0) is 13.7. The van der Waals surface area contributed by atoms with Crippen LogP contribution in [-0.2, 0) is 16.1 Å². The molecule has 0 spiro atoms. The molecule has 2 aliphatic carbocycles. The molecule has 0 N–H and O–H groups in total. The lowest BCUT2D eigenvalue weighted by atomic mass is 10.2. The molecule has 0 amide bonds. The van der Waals surface area contributed by atoms with Crippen molar-refractivity contribution in [1.82, 2.24) is 4.90 Å². The zero-order valence-electron chi connectivity index (χ0n) is 11.9. The summed E-state index contributed by atoms with van der Waals surface area (Å²) in [5.74, 6) is 3.44. The van der Waals surface area contributed by atoms with Crippen LogP contribution < -0.4 is 0 Å². The Morgan fingerprint density at radius 3 is 2.70 bits per heavy atom. The van der Waals surface area contributed by atoms with E-state index in [1.165, 1.54) is 19.3 Å². The van der Waals surface area contributed by atoms with Gasteiger partial charge in [-0.3, -0.25) is 9.69 Å². The van der Waals surface area contributed by atoms with Gasteiger partial charge in [0, 0.05) is 18.4 Å². The average molecular weight is 275 g/mol. The minimum absolute atomic E-state index is 0.0560. The SMILES string of the molecule is CC1CC1c1ccc(CN(C2CC2)C2CCOC2=O)o1. The molecule has 0 radical (unpaired) electrons. The van der Waals surface area contributed by atoms with Crippen LogP contribution in [0.3, 0.4) is 0 Å². The Bertz CT molecular complexity index is 520. The lowest BCUT2D eigenvalue weighted by Gasteiger charge is -2.24. The quantitative estimate of drug-likeness (QED) is 0.775. The Balaban J connectivity index is 1.47. The number of rotatable bonds is 5. The van der Waals surface area contributed by atoms with Crippen LogP contribution >= 0.6 is 0 Å². The van der Waals surface area contributed by atoms with Crippen LogP contribution in [0.25, 0.3) is 0 Å². The van der Waals surface area contributed by atoms with Gasteiger partial charge in [0.25, 0.3) is 0 Å². The fourth-order valence-corrected chi connectivity index (χ4v) is 3.26. The van der Waals surface area contributed by atoms with Crippen LogP contribution in [0.1, 0.15) is 50.0 Å². The van der Waals surface area contributed by atoms with Crippen molar-refractivity contribution in [3.05, 3.63) is 23.7 Å². The van der Waals surface area contributed by atoms with E-state index < -0.39 is 0 Å². The van der Waals surface area contributed by atoms with E-state index in [9.17, 15) is 4.79 Å². The number of cyclic esters (lactones) is 1.